The molecule has 3 rings (SSSR count). The number of nitrogens with zero attached hydrogens (tertiary/aromatic N) is 3. The number of hydrogen-bond donors (Lipinski definition) is 2. The highest BCUT2D eigenvalue weighted by atomic mass is 15.1. The Balaban J connectivity index is -0.000000340. The zero-order valence-electron chi connectivity index (χ0n) is 19.7. The minimum atomic E-state index is 0. The molecular formula is C25H47N5. The van der Waals surface area contributed by atoms with Crippen LogP contribution in [0.2, 0.25) is 0 Å². The number of benzene rings is 1. The van der Waals surface area contributed by atoms with Gasteiger partial charge in [0.15, 0.2) is 5.65 Å². The molecule has 3 N–H and O–H groups in total. The third-order valence-electron chi connectivity index (χ3n) is 3.62. The first kappa shape index (κ1) is 32.2. The van der Waals surface area contributed by atoms with Gasteiger partial charge in [-0.15, -0.1) is 0 Å². The fraction of sp³-hybridized carbons (Fsp3) is 0.560. The van der Waals surface area contributed by atoms with Crippen molar-refractivity contribution >= 4 is 16.9 Å². The number of aryl methyl sites for hydroxylation is 1. The monoisotopic (exact) mass is 417 g/mol. The SMILES string of the molecule is C.CC.CC.CCCCCC.CCCc1ccccc1.Nc1ncnc2[nH]ncc12. The van der Waals surface area contributed by atoms with Crippen molar-refractivity contribution in [3.8, 4) is 0 Å². The van der Waals surface area contributed by atoms with Crippen molar-refractivity contribution in [3.05, 3.63) is 48.4 Å². The van der Waals surface area contributed by atoms with Crippen molar-refractivity contribution in [2.24, 2.45) is 0 Å². The smallest absolute Gasteiger partial charge is 0.160 e. The standard InChI is InChI=1S/C9H12.C6H14.C5H5N5.2C2H6.CH4/c1-2-6-9-7-4-3-5-8-9;1-3-5-6-4-2;6-4-3-1-9-10-5(3)8-2-7-4;2*1-2;/h3-5,7-8H,2,6H2,1H3;3-6H2,1-2H3;1-2H,(H3,6,7,8,9,10);2*1-2H3;1H4. The van der Waals surface area contributed by atoms with Gasteiger partial charge in [0, 0.05) is 0 Å². The summed E-state index contributed by atoms with van der Waals surface area (Å²) in [6, 6.07) is 10.6. The summed E-state index contributed by atoms with van der Waals surface area (Å²) in [5.41, 5.74) is 7.61. The molecule has 1 aromatic carbocycles. The van der Waals surface area contributed by atoms with Gasteiger partial charge in [0.25, 0.3) is 0 Å². The largest absolute Gasteiger partial charge is 0.383 e. The molecule has 172 valence electrons. The van der Waals surface area contributed by atoms with Crippen LogP contribution in [0.5, 0.6) is 0 Å². The van der Waals surface area contributed by atoms with E-state index in [4.69, 9.17) is 5.73 Å². The Morgan fingerprint density at radius 2 is 1.40 bits per heavy atom. The summed E-state index contributed by atoms with van der Waals surface area (Å²) in [6.07, 6.45) is 11.0. The summed E-state index contributed by atoms with van der Waals surface area (Å²) in [5, 5.41) is 7.20. The lowest BCUT2D eigenvalue weighted by Crippen LogP contribution is -1.90. The molecule has 0 atom stereocenters. The van der Waals surface area contributed by atoms with Crippen LogP contribution >= 0.6 is 0 Å². The first-order chi connectivity index (χ1) is 14.2. The van der Waals surface area contributed by atoms with Crippen molar-refractivity contribution < 1.29 is 0 Å². The van der Waals surface area contributed by atoms with Crippen molar-refractivity contribution in [1.82, 2.24) is 20.2 Å². The van der Waals surface area contributed by atoms with Crippen LogP contribution in [0.15, 0.2) is 42.9 Å². The Kier molecular flexibility index (Phi) is 26.4. The number of nitrogens with two attached hydrogens (primary N) is 1. The van der Waals surface area contributed by atoms with Crippen LogP contribution < -0.4 is 5.73 Å². The molecule has 0 amide bonds. The minimum Gasteiger partial charge on any atom is -0.383 e. The lowest BCUT2D eigenvalue weighted by molar-refractivity contribution is 0.702. The average Bonchev–Trinajstić information content (AvgIpc) is 3.27. The Hall–Kier alpha value is -2.43. The van der Waals surface area contributed by atoms with Crippen LogP contribution in [0.25, 0.3) is 11.0 Å². The summed E-state index contributed by atoms with van der Waals surface area (Å²) in [6.45, 7) is 14.7. The molecule has 2 heterocycles. The summed E-state index contributed by atoms with van der Waals surface area (Å²) in [4.78, 5) is 7.68. The van der Waals surface area contributed by atoms with Gasteiger partial charge < -0.3 is 5.73 Å². The number of aromatic amines is 1. The zero-order valence-corrected chi connectivity index (χ0v) is 19.7. The highest BCUT2D eigenvalue weighted by Gasteiger charge is 1.98. The van der Waals surface area contributed by atoms with Gasteiger partial charge >= 0.3 is 0 Å². The van der Waals surface area contributed by atoms with Crippen LogP contribution in [0.3, 0.4) is 0 Å². The minimum absolute atomic E-state index is 0. The zero-order chi connectivity index (χ0) is 22.3. The number of nitrogen functional groups attached to an aromatic ring is 1. The molecule has 0 bridgehead atoms. The molecule has 0 saturated carbocycles. The predicted octanol–water partition coefficient (Wildman–Crippen LogP) is 7.85. The second-order valence-electron chi connectivity index (χ2n) is 5.83. The molecular weight excluding hydrogens is 370 g/mol. The van der Waals surface area contributed by atoms with Crippen LogP contribution in [0.1, 0.15) is 93.6 Å². The van der Waals surface area contributed by atoms with Gasteiger partial charge in [-0.2, -0.15) is 5.10 Å². The van der Waals surface area contributed by atoms with E-state index in [0.717, 1.165) is 5.39 Å². The van der Waals surface area contributed by atoms with Gasteiger partial charge in [-0.25, -0.2) is 9.97 Å². The fourth-order valence-corrected chi connectivity index (χ4v) is 2.22. The number of unbranched alkanes of at least 4 members (excludes halogenated alkanes) is 3. The lowest BCUT2D eigenvalue weighted by atomic mass is 10.1. The molecule has 0 radical (unpaired) electrons. The van der Waals surface area contributed by atoms with E-state index < -0.39 is 0 Å². The van der Waals surface area contributed by atoms with Crippen LogP contribution in [0.4, 0.5) is 5.82 Å². The van der Waals surface area contributed by atoms with Gasteiger partial charge in [-0.3, -0.25) is 5.10 Å². The number of H-pyrrole nitrogens is 1. The van der Waals surface area contributed by atoms with E-state index in [-0.39, 0.29) is 7.43 Å². The number of aromatic nitrogens is 4. The Morgan fingerprint density at radius 1 is 0.833 bits per heavy atom. The number of nitrogens with one attached hydrogen (secondary N) is 1. The molecule has 2 aromatic heterocycles. The maximum absolute atomic E-state index is 5.49. The predicted molar refractivity (Wildman–Crippen MR) is 136 cm³/mol. The molecule has 0 unspecified atom stereocenters. The van der Waals surface area contributed by atoms with Crippen molar-refractivity contribution in [3.63, 3.8) is 0 Å². The summed E-state index contributed by atoms with van der Waals surface area (Å²) in [7, 11) is 0. The third kappa shape index (κ3) is 15.5. The third-order valence-corrected chi connectivity index (χ3v) is 3.62. The molecule has 5 nitrogen and oxygen atoms in total. The molecule has 3 aromatic rings. The van der Waals surface area contributed by atoms with E-state index in [1.54, 1.807) is 6.20 Å². The van der Waals surface area contributed by atoms with E-state index in [9.17, 15) is 0 Å². The van der Waals surface area contributed by atoms with Crippen LogP contribution in [-0.2, 0) is 6.42 Å². The molecule has 0 saturated heterocycles. The van der Waals surface area contributed by atoms with E-state index in [2.05, 4.69) is 71.3 Å². The normalized spacial score (nSPS) is 8.50. The number of anilines is 1. The van der Waals surface area contributed by atoms with E-state index in [0.29, 0.717) is 11.5 Å². The lowest BCUT2D eigenvalue weighted by Gasteiger charge is -1.93. The second-order valence-corrected chi connectivity index (χ2v) is 5.83. The summed E-state index contributed by atoms with van der Waals surface area (Å²) >= 11 is 0. The first-order valence-corrected chi connectivity index (χ1v) is 11.2. The highest BCUT2D eigenvalue weighted by Crippen LogP contribution is 2.11. The van der Waals surface area contributed by atoms with Crippen molar-refractivity contribution in [2.45, 2.75) is 94.4 Å². The van der Waals surface area contributed by atoms with Crippen LogP contribution in [-0.4, -0.2) is 20.2 Å². The Bertz CT molecular complexity index is 676. The average molecular weight is 418 g/mol. The summed E-state index contributed by atoms with van der Waals surface area (Å²) in [5.74, 6) is 0.457. The molecule has 30 heavy (non-hydrogen) atoms. The second kappa shape index (κ2) is 24.6. The molecule has 0 aliphatic rings. The molecule has 5 heteroatoms. The Labute approximate surface area is 185 Å². The first-order valence-electron chi connectivity index (χ1n) is 11.2. The topological polar surface area (TPSA) is 80.5 Å². The summed E-state index contributed by atoms with van der Waals surface area (Å²) < 4.78 is 0. The van der Waals surface area contributed by atoms with Gasteiger partial charge in [-0.1, -0.05) is 118 Å². The van der Waals surface area contributed by atoms with E-state index in [1.165, 1.54) is 50.4 Å². The van der Waals surface area contributed by atoms with E-state index in [1.807, 2.05) is 27.7 Å². The maximum Gasteiger partial charge on any atom is 0.160 e. The number of fused-ring (bicyclic) bond motifs is 1. The quantitative estimate of drug-likeness (QED) is 0.414. The molecule has 0 aliphatic heterocycles. The fourth-order valence-electron chi connectivity index (χ4n) is 2.22. The number of hydrogen-bond acceptors (Lipinski definition) is 4. The van der Waals surface area contributed by atoms with Gasteiger partial charge in [0.05, 0.1) is 11.6 Å². The maximum atomic E-state index is 5.49. The molecule has 0 fully saturated rings. The molecule has 0 spiro atoms. The van der Waals surface area contributed by atoms with Crippen molar-refractivity contribution in [2.75, 3.05) is 5.73 Å². The van der Waals surface area contributed by atoms with E-state index >= 15 is 0 Å². The van der Waals surface area contributed by atoms with Gasteiger partial charge in [0.1, 0.15) is 12.1 Å². The highest BCUT2D eigenvalue weighted by molar-refractivity contribution is 5.83. The van der Waals surface area contributed by atoms with Gasteiger partial charge in [-0.05, 0) is 12.0 Å². The molecule has 0 aliphatic carbocycles. The number of rotatable bonds is 5. The van der Waals surface area contributed by atoms with Crippen LogP contribution in [0, 0.1) is 0 Å². The van der Waals surface area contributed by atoms with Gasteiger partial charge in [0.2, 0.25) is 0 Å². The van der Waals surface area contributed by atoms with Crippen molar-refractivity contribution in [1.29, 1.82) is 0 Å². The Morgan fingerprint density at radius 3 is 1.87 bits per heavy atom.